The maximum absolute atomic E-state index is 6.24. The predicted molar refractivity (Wildman–Crippen MR) is 97.7 cm³/mol. The minimum absolute atomic E-state index is 0.435. The van der Waals surface area contributed by atoms with Crippen molar-refractivity contribution in [1.82, 2.24) is 0 Å². The molecule has 0 aromatic heterocycles. The van der Waals surface area contributed by atoms with Gasteiger partial charge in [0.25, 0.3) is 0 Å². The van der Waals surface area contributed by atoms with Gasteiger partial charge in [-0.25, -0.2) is 0 Å². The number of rotatable bonds is 15. The van der Waals surface area contributed by atoms with Crippen molar-refractivity contribution >= 4 is 0 Å². The van der Waals surface area contributed by atoms with Crippen LogP contribution in [0.25, 0.3) is 0 Å². The standard InChI is InChI=1S/C20H43N/c1-5-7-8-9-10-11-12-13-14-15-16-19(21)17-18-20(3,4)6-2/h19H,5-18,21H2,1-4H3. The van der Waals surface area contributed by atoms with Crippen LogP contribution >= 0.6 is 0 Å². The zero-order valence-electron chi connectivity index (χ0n) is 15.6. The highest BCUT2D eigenvalue weighted by molar-refractivity contribution is 4.71. The van der Waals surface area contributed by atoms with Gasteiger partial charge in [0, 0.05) is 6.04 Å². The van der Waals surface area contributed by atoms with Crippen LogP contribution in [-0.2, 0) is 0 Å². The van der Waals surface area contributed by atoms with Crippen molar-refractivity contribution in [3.63, 3.8) is 0 Å². The van der Waals surface area contributed by atoms with Crippen molar-refractivity contribution in [3.8, 4) is 0 Å². The van der Waals surface area contributed by atoms with Crippen LogP contribution in [0.1, 0.15) is 118 Å². The molecule has 0 aromatic rings. The topological polar surface area (TPSA) is 26.0 Å². The van der Waals surface area contributed by atoms with Crippen molar-refractivity contribution in [1.29, 1.82) is 0 Å². The average molecular weight is 298 g/mol. The predicted octanol–water partition coefficient (Wildman–Crippen LogP) is 6.84. The van der Waals surface area contributed by atoms with Crippen molar-refractivity contribution < 1.29 is 0 Å². The van der Waals surface area contributed by atoms with Gasteiger partial charge in [0.05, 0.1) is 0 Å². The summed E-state index contributed by atoms with van der Waals surface area (Å²) in [7, 11) is 0. The van der Waals surface area contributed by atoms with Gasteiger partial charge in [-0.05, 0) is 24.7 Å². The summed E-state index contributed by atoms with van der Waals surface area (Å²) in [4.78, 5) is 0. The molecule has 1 atom stereocenters. The summed E-state index contributed by atoms with van der Waals surface area (Å²) in [5.41, 5.74) is 6.73. The molecule has 0 radical (unpaired) electrons. The minimum Gasteiger partial charge on any atom is -0.328 e. The van der Waals surface area contributed by atoms with Gasteiger partial charge in [0.1, 0.15) is 0 Å². The van der Waals surface area contributed by atoms with Crippen LogP contribution in [0.3, 0.4) is 0 Å². The van der Waals surface area contributed by atoms with Crippen LogP contribution in [0.4, 0.5) is 0 Å². The minimum atomic E-state index is 0.435. The molecule has 1 nitrogen and oxygen atoms in total. The van der Waals surface area contributed by atoms with E-state index < -0.39 is 0 Å². The van der Waals surface area contributed by atoms with E-state index in [1.54, 1.807) is 0 Å². The van der Waals surface area contributed by atoms with E-state index in [1.807, 2.05) is 0 Å². The van der Waals surface area contributed by atoms with Gasteiger partial charge in [0.2, 0.25) is 0 Å². The first-order valence-corrected chi connectivity index (χ1v) is 9.77. The molecule has 0 heterocycles. The molecule has 21 heavy (non-hydrogen) atoms. The lowest BCUT2D eigenvalue weighted by Crippen LogP contribution is -2.23. The van der Waals surface area contributed by atoms with E-state index in [4.69, 9.17) is 5.73 Å². The van der Waals surface area contributed by atoms with Gasteiger partial charge >= 0.3 is 0 Å². The second kappa shape index (κ2) is 13.6. The van der Waals surface area contributed by atoms with Crippen molar-refractivity contribution in [2.24, 2.45) is 11.1 Å². The highest BCUT2D eigenvalue weighted by Gasteiger charge is 2.16. The van der Waals surface area contributed by atoms with Gasteiger partial charge in [-0.2, -0.15) is 0 Å². The Morgan fingerprint density at radius 2 is 1.19 bits per heavy atom. The fourth-order valence-electron chi connectivity index (χ4n) is 2.79. The van der Waals surface area contributed by atoms with Crippen LogP contribution in [0.15, 0.2) is 0 Å². The van der Waals surface area contributed by atoms with Crippen LogP contribution in [0.2, 0.25) is 0 Å². The van der Waals surface area contributed by atoms with E-state index in [-0.39, 0.29) is 0 Å². The number of nitrogens with two attached hydrogens (primary N) is 1. The van der Waals surface area contributed by atoms with E-state index >= 15 is 0 Å². The second-order valence-corrected chi connectivity index (χ2v) is 7.79. The summed E-state index contributed by atoms with van der Waals surface area (Å²) in [5, 5.41) is 0. The number of hydrogen-bond donors (Lipinski definition) is 1. The Bertz CT molecular complexity index is 210. The molecule has 0 fully saturated rings. The maximum Gasteiger partial charge on any atom is 0.00390 e. The van der Waals surface area contributed by atoms with Gasteiger partial charge in [-0.15, -0.1) is 0 Å². The highest BCUT2D eigenvalue weighted by atomic mass is 14.6. The Balaban J connectivity index is 3.27. The Hall–Kier alpha value is -0.0400. The molecule has 0 rings (SSSR count). The molecule has 0 aromatic carbocycles. The summed E-state index contributed by atoms with van der Waals surface area (Å²) in [5.74, 6) is 0. The first kappa shape index (κ1) is 21.0. The van der Waals surface area contributed by atoms with E-state index in [0.29, 0.717) is 11.5 Å². The average Bonchev–Trinajstić information content (AvgIpc) is 2.47. The lowest BCUT2D eigenvalue weighted by molar-refractivity contribution is 0.296. The molecule has 0 saturated heterocycles. The summed E-state index contributed by atoms with van der Waals surface area (Å²) < 4.78 is 0. The Labute approximate surface area is 135 Å². The van der Waals surface area contributed by atoms with E-state index in [1.165, 1.54) is 89.9 Å². The molecule has 0 aliphatic rings. The van der Waals surface area contributed by atoms with Gasteiger partial charge < -0.3 is 5.73 Å². The number of unbranched alkanes of at least 4 members (excludes halogenated alkanes) is 9. The largest absolute Gasteiger partial charge is 0.328 e. The van der Waals surface area contributed by atoms with E-state index in [9.17, 15) is 0 Å². The normalized spacial score (nSPS) is 13.6. The Morgan fingerprint density at radius 1 is 0.714 bits per heavy atom. The van der Waals surface area contributed by atoms with Crippen LogP contribution in [-0.4, -0.2) is 6.04 Å². The summed E-state index contributed by atoms with van der Waals surface area (Å²) in [6.07, 6.45) is 19.1. The molecule has 0 aliphatic heterocycles. The van der Waals surface area contributed by atoms with Gasteiger partial charge in [-0.3, -0.25) is 0 Å². The molecule has 128 valence electrons. The quantitative estimate of drug-likeness (QED) is 0.329. The Morgan fingerprint density at radius 3 is 1.67 bits per heavy atom. The van der Waals surface area contributed by atoms with Crippen molar-refractivity contribution in [2.75, 3.05) is 0 Å². The molecular formula is C20H43N. The molecule has 0 amide bonds. The van der Waals surface area contributed by atoms with Crippen molar-refractivity contribution in [3.05, 3.63) is 0 Å². The monoisotopic (exact) mass is 297 g/mol. The van der Waals surface area contributed by atoms with E-state index in [2.05, 4.69) is 27.7 Å². The molecule has 1 heteroatoms. The fraction of sp³-hybridized carbons (Fsp3) is 1.00. The lowest BCUT2D eigenvalue weighted by Gasteiger charge is -2.24. The molecule has 0 spiro atoms. The molecular weight excluding hydrogens is 254 g/mol. The second-order valence-electron chi connectivity index (χ2n) is 7.79. The van der Waals surface area contributed by atoms with Gasteiger partial charge in [0.15, 0.2) is 0 Å². The van der Waals surface area contributed by atoms with Crippen LogP contribution in [0.5, 0.6) is 0 Å². The van der Waals surface area contributed by atoms with Crippen molar-refractivity contribution in [2.45, 2.75) is 124 Å². The molecule has 2 N–H and O–H groups in total. The number of hydrogen-bond acceptors (Lipinski definition) is 1. The van der Waals surface area contributed by atoms with Crippen LogP contribution in [0, 0.1) is 5.41 Å². The summed E-state index contributed by atoms with van der Waals surface area (Å²) in [6, 6.07) is 0.435. The molecule has 1 unspecified atom stereocenters. The zero-order valence-corrected chi connectivity index (χ0v) is 15.6. The fourth-order valence-corrected chi connectivity index (χ4v) is 2.79. The Kier molecular flexibility index (Phi) is 13.6. The zero-order chi connectivity index (χ0) is 16.0. The SMILES string of the molecule is CCCCCCCCCCCCC(N)CCC(C)(C)CC. The molecule has 0 saturated carbocycles. The lowest BCUT2D eigenvalue weighted by atomic mass is 9.83. The summed E-state index contributed by atoms with van der Waals surface area (Å²) >= 11 is 0. The highest BCUT2D eigenvalue weighted by Crippen LogP contribution is 2.27. The third kappa shape index (κ3) is 14.7. The third-order valence-corrected chi connectivity index (χ3v) is 5.08. The summed E-state index contributed by atoms with van der Waals surface area (Å²) in [6.45, 7) is 9.29. The molecule has 0 aliphatic carbocycles. The smallest absolute Gasteiger partial charge is 0.00390 e. The third-order valence-electron chi connectivity index (χ3n) is 5.08. The van der Waals surface area contributed by atoms with Crippen LogP contribution < -0.4 is 5.73 Å². The maximum atomic E-state index is 6.24. The first-order chi connectivity index (χ1) is 10.0. The first-order valence-electron chi connectivity index (χ1n) is 9.77. The molecule has 0 bridgehead atoms. The van der Waals surface area contributed by atoms with Gasteiger partial charge in [-0.1, -0.05) is 98.3 Å². The van der Waals surface area contributed by atoms with E-state index in [0.717, 1.165) is 0 Å².